The van der Waals surface area contributed by atoms with Crippen LogP contribution in [-0.4, -0.2) is 11.6 Å². The molecule has 1 aromatic rings. The lowest BCUT2D eigenvalue weighted by Gasteiger charge is -2.22. The van der Waals surface area contributed by atoms with Crippen molar-refractivity contribution in [3.05, 3.63) is 30.1 Å². The van der Waals surface area contributed by atoms with Crippen molar-refractivity contribution in [3.63, 3.8) is 0 Å². The maximum absolute atomic E-state index is 12.7. The minimum atomic E-state index is -0.257. The molecule has 0 fully saturated rings. The van der Waals surface area contributed by atoms with E-state index in [-0.39, 0.29) is 17.1 Å². The highest BCUT2D eigenvalue weighted by Gasteiger charge is 2.20. The van der Waals surface area contributed by atoms with Crippen molar-refractivity contribution in [3.8, 4) is 0 Å². The molecule has 88 valence electrons. The van der Waals surface area contributed by atoms with Gasteiger partial charge in [-0.05, 0) is 36.4 Å². The Morgan fingerprint density at radius 1 is 1.38 bits per heavy atom. The first-order valence-corrected chi connectivity index (χ1v) is 6.13. The molecule has 3 N–H and O–H groups in total. The largest absolute Gasteiger partial charge is 0.387 e. The van der Waals surface area contributed by atoms with Gasteiger partial charge in [-0.3, -0.25) is 5.41 Å². The topological polar surface area (TPSA) is 49.9 Å². The van der Waals surface area contributed by atoms with E-state index in [1.807, 2.05) is 13.8 Å². The van der Waals surface area contributed by atoms with Crippen molar-refractivity contribution in [1.29, 1.82) is 5.41 Å². The molecule has 2 nitrogen and oxygen atoms in total. The molecule has 0 radical (unpaired) electrons. The van der Waals surface area contributed by atoms with Gasteiger partial charge in [0.15, 0.2) is 0 Å². The zero-order chi connectivity index (χ0) is 12.2. The summed E-state index contributed by atoms with van der Waals surface area (Å²) < 4.78 is 12.7. The molecule has 0 aliphatic carbocycles. The van der Waals surface area contributed by atoms with Gasteiger partial charge in [0.2, 0.25) is 0 Å². The molecule has 0 unspecified atom stereocenters. The number of thioether (sulfide) groups is 1. The summed E-state index contributed by atoms with van der Waals surface area (Å²) in [6, 6.07) is 6.44. The van der Waals surface area contributed by atoms with E-state index in [0.29, 0.717) is 0 Å². The first-order chi connectivity index (χ1) is 7.42. The molecule has 1 aromatic carbocycles. The molecule has 16 heavy (non-hydrogen) atoms. The summed E-state index contributed by atoms with van der Waals surface area (Å²) in [5.74, 6) is 0.874. The quantitative estimate of drug-likeness (QED) is 0.471. The van der Waals surface area contributed by atoms with Gasteiger partial charge in [-0.1, -0.05) is 13.8 Å². The van der Waals surface area contributed by atoms with Gasteiger partial charge in [0, 0.05) is 10.3 Å². The average Bonchev–Trinajstić information content (AvgIpc) is 2.20. The lowest BCUT2D eigenvalue weighted by atomic mass is 9.89. The smallest absolute Gasteiger partial charge is 0.123 e. The molecule has 0 aliphatic rings. The van der Waals surface area contributed by atoms with Crippen LogP contribution in [0.5, 0.6) is 0 Å². The molecule has 0 saturated heterocycles. The third-order valence-electron chi connectivity index (χ3n) is 2.54. The third-order valence-corrected chi connectivity index (χ3v) is 3.55. The molecule has 0 bridgehead atoms. The zero-order valence-electron chi connectivity index (χ0n) is 9.59. The Morgan fingerprint density at radius 3 is 2.44 bits per heavy atom. The lowest BCUT2D eigenvalue weighted by molar-refractivity contribution is 0.500. The van der Waals surface area contributed by atoms with E-state index >= 15 is 0 Å². The Bertz CT molecular complexity index is 360. The molecule has 0 atom stereocenters. The molecule has 0 aliphatic heterocycles. The Hall–Kier alpha value is -1.03. The van der Waals surface area contributed by atoms with Crippen LogP contribution in [0.4, 0.5) is 4.39 Å². The van der Waals surface area contributed by atoms with Crippen LogP contribution in [0.15, 0.2) is 29.2 Å². The van der Waals surface area contributed by atoms with Gasteiger partial charge >= 0.3 is 0 Å². The van der Waals surface area contributed by atoms with Gasteiger partial charge in [-0.2, -0.15) is 0 Å². The van der Waals surface area contributed by atoms with Crippen molar-refractivity contribution in [2.45, 2.75) is 25.2 Å². The van der Waals surface area contributed by atoms with Crippen LogP contribution >= 0.6 is 11.8 Å². The highest BCUT2D eigenvalue weighted by molar-refractivity contribution is 7.99. The maximum Gasteiger partial charge on any atom is 0.123 e. The number of rotatable bonds is 5. The minimum Gasteiger partial charge on any atom is -0.387 e. The first-order valence-electron chi connectivity index (χ1n) is 5.15. The zero-order valence-corrected chi connectivity index (χ0v) is 10.4. The minimum absolute atomic E-state index is 0.214. The third kappa shape index (κ3) is 3.85. The van der Waals surface area contributed by atoms with Gasteiger partial charge in [0.05, 0.1) is 5.84 Å². The van der Waals surface area contributed by atoms with E-state index in [2.05, 4.69) is 0 Å². The summed E-state index contributed by atoms with van der Waals surface area (Å²) in [7, 11) is 0. The van der Waals surface area contributed by atoms with Crippen LogP contribution in [0.25, 0.3) is 0 Å². The fourth-order valence-electron chi connectivity index (χ4n) is 1.09. The van der Waals surface area contributed by atoms with Crippen molar-refractivity contribution < 1.29 is 4.39 Å². The Morgan fingerprint density at radius 2 is 1.94 bits per heavy atom. The predicted molar refractivity (Wildman–Crippen MR) is 67.4 cm³/mol. The second kappa shape index (κ2) is 5.34. The summed E-state index contributed by atoms with van der Waals surface area (Å²) in [4.78, 5) is 1.04. The number of halogens is 1. The maximum atomic E-state index is 12.7. The Balaban J connectivity index is 2.41. The molecule has 4 heteroatoms. The van der Waals surface area contributed by atoms with Gasteiger partial charge in [0.25, 0.3) is 0 Å². The molecule has 0 saturated carbocycles. The van der Waals surface area contributed by atoms with Crippen LogP contribution in [0.3, 0.4) is 0 Å². The van der Waals surface area contributed by atoms with Crippen LogP contribution in [0.1, 0.15) is 20.3 Å². The summed E-state index contributed by atoms with van der Waals surface area (Å²) in [6.45, 7) is 3.92. The van der Waals surface area contributed by atoms with Crippen molar-refractivity contribution in [1.82, 2.24) is 0 Å². The van der Waals surface area contributed by atoms with Crippen molar-refractivity contribution in [2.75, 3.05) is 5.75 Å². The molecule has 0 spiro atoms. The number of nitrogens with one attached hydrogen (secondary N) is 1. The normalized spacial score (nSPS) is 11.4. The SMILES string of the molecule is CC(C)(CCSc1ccc(F)cc1)C(=N)N. The van der Waals surface area contributed by atoms with Crippen LogP contribution in [-0.2, 0) is 0 Å². The summed E-state index contributed by atoms with van der Waals surface area (Å²) in [5.41, 5.74) is 5.24. The summed E-state index contributed by atoms with van der Waals surface area (Å²) >= 11 is 1.65. The van der Waals surface area contributed by atoms with E-state index < -0.39 is 0 Å². The van der Waals surface area contributed by atoms with Crippen molar-refractivity contribution >= 4 is 17.6 Å². The van der Waals surface area contributed by atoms with E-state index in [0.717, 1.165) is 17.1 Å². The molecular weight excluding hydrogens is 223 g/mol. The lowest BCUT2D eigenvalue weighted by Crippen LogP contribution is -2.31. The predicted octanol–water partition coefficient (Wildman–Crippen LogP) is 3.27. The molecule has 0 heterocycles. The van der Waals surface area contributed by atoms with Crippen LogP contribution in [0.2, 0.25) is 0 Å². The van der Waals surface area contributed by atoms with Crippen LogP contribution in [0, 0.1) is 16.6 Å². The second-order valence-corrected chi connectivity index (χ2v) is 5.52. The highest BCUT2D eigenvalue weighted by atomic mass is 32.2. The van der Waals surface area contributed by atoms with Gasteiger partial charge in [-0.25, -0.2) is 4.39 Å². The number of amidine groups is 1. The van der Waals surface area contributed by atoms with Gasteiger partial charge in [-0.15, -0.1) is 11.8 Å². The Labute approximate surface area is 99.9 Å². The summed E-state index contributed by atoms with van der Waals surface area (Å²) in [6.07, 6.45) is 0.838. The van der Waals surface area contributed by atoms with E-state index in [4.69, 9.17) is 11.1 Å². The number of nitrogens with two attached hydrogens (primary N) is 1. The summed E-state index contributed by atoms with van der Waals surface area (Å²) in [5, 5.41) is 7.43. The highest BCUT2D eigenvalue weighted by Crippen LogP contribution is 2.26. The van der Waals surface area contributed by atoms with E-state index in [9.17, 15) is 4.39 Å². The first kappa shape index (κ1) is 13.0. The number of hydrogen-bond acceptors (Lipinski definition) is 2. The van der Waals surface area contributed by atoms with Gasteiger partial charge in [0.1, 0.15) is 5.82 Å². The fraction of sp³-hybridized carbons (Fsp3) is 0.417. The average molecular weight is 240 g/mol. The van der Waals surface area contributed by atoms with E-state index in [1.54, 1.807) is 23.9 Å². The molecule has 0 amide bonds. The van der Waals surface area contributed by atoms with Crippen LogP contribution < -0.4 is 5.73 Å². The molecule has 0 aromatic heterocycles. The number of hydrogen-bond donors (Lipinski definition) is 2. The Kier molecular flexibility index (Phi) is 4.35. The monoisotopic (exact) mass is 240 g/mol. The van der Waals surface area contributed by atoms with E-state index in [1.165, 1.54) is 12.1 Å². The fourth-order valence-corrected chi connectivity index (χ4v) is 2.27. The standard InChI is InChI=1S/C12H17FN2S/c1-12(2,11(14)15)7-8-16-10-5-3-9(13)4-6-10/h3-6H,7-8H2,1-2H3,(H3,14,15). The number of benzene rings is 1. The molecule has 1 rings (SSSR count). The second-order valence-electron chi connectivity index (χ2n) is 4.35. The molecular formula is C12H17FN2S. The van der Waals surface area contributed by atoms with Gasteiger partial charge < -0.3 is 5.73 Å². The van der Waals surface area contributed by atoms with Crippen molar-refractivity contribution in [2.24, 2.45) is 11.1 Å².